The Kier molecular flexibility index (Phi) is 3.69. The Balaban J connectivity index is 2.05. The average molecular weight is 234 g/mol. The summed E-state index contributed by atoms with van der Waals surface area (Å²) < 4.78 is 5.51. The van der Waals surface area contributed by atoms with E-state index in [1.54, 1.807) is 0 Å². The molecule has 1 aromatic rings. The second kappa shape index (κ2) is 5.07. The molecule has 17 heavy (non-hydrogen) atoms. The zero-order valence-corrected chi connectivity index (χ0v) is 10.8. The van der Waals surface area contributed by atoms with Crippen molar-refractivity contribution in [2.75, 3.05) is 26.7 Å². The number of hydrogen-bond donors (Lipinski definition) is 1. The quantitative estimate of drug-likeness (QED) is 0.861. The summed E-state index contributed by atoms with van der Waals surface area (Å²) in [6.07, 6.45) is 2.00. The summed E-state index contributed by atoms with van der Waals surface area (Å²) in [6.45, 7) is 4.79. The Morgan fingerprint density at radius 2 is 2.29 bits per heavy atom. The van der Waals surface area contributed by atoms with Gasteiger partial charge in [-0.25, -0.2) is 0 Å². The third-order valence-electron chi connectivity index (χ3n) is 3.34. The summed E-state index contributed by atoms with van der Waals surface area (Å²) in [5.41, 5.74) is 7.63. The van der Waals surface area contributed by atoms with Gasteiger partial charge in [-0.1, -0.05) is 12.1 Å². The van der Waals surface area contributed by atoms with Crippen LogP contribution in [-0.2, 0) is 6.42 Å². The maximum Gasteiger partial charge on any atom is 0.119 e. The molecule has 2 N–H and O–H groups in total. The molecule has 94 valence electrons. The van der Waals surface area contributed by atoms with Crippen LogP contribution in [0.3, 0.4) is 0 Å². The maximum absolute atomic E-state index is 6.42. The van der Waals surface area contributed by atoms with E-state index in [2.05, 4.69) is 24.1 Å². The molecule has 0 radical (unpaired) electrons. The van der Waals surface area contributed by atoms with Gasteiger partial charge in [0.05, 0.1) is 6.61 Å². The molecule has 0 amide bonds. The topological polar surface area (TPSA) is 38.5 Å². The largest absolute Gasteiger partial charge is 0.494 e. The van der Waals surface area contributed by atoms with Gasteiger partial charge in [0.25, 0.3) is 0 Å². The number of likely N-dealkylation sites (N-methyl/N-ethyl adjacent to an activating group) is 1. The van der Waals surface area contributed by atoms with E-state index < -0.39 is 0 Å². The number of benzene rings is 1. The number of rotatable bonds is 4. The molecule has 0 aromatic heterocycles. The van der Waals surface area contributed by atoms with Crippen molar-refractivity contribution < 1.29 is 4.74 Å². The Hall–Kier alpha value is -1.06. The standard InChI is InChI=1S/C14H22N2O/c1-3-17-13-6-4-5-12(9-13)10-14(15)7-8-16(2)11-14/h4-6,9H,3,7-8,10-11,15H2,1-2H3. The number of likely N-dealkylation sites (tertiary alicyclic amines) is 1. The molecule has 3 nitrogen and oxygen atoms in total. The molecule has 0 bridgehead atoms. The van der Waals surface area contributed by atoms with E-state index >= 15 is 0 Å². The van der Waals surface area contributed by atoms with Crippen molar-refractivity contribution in [1.82, 2.24) is 4.90 Å². The minimum absolute atomic E-state index is 0.0699. The highest BCUT2D eigenvalue weighted by molar-refractivity contribution is 5.30. The zero-order chi connectivity index (χ0) is 12.3. The van der Waals surface area contributed by atoms with Crippen LogP contribution < -0.4 is 10.5 Å². The van der Waals surface area contributed by atoms with Gasteiger partial charge in [0.15, 0.2) is 0 Å². The molecule has 3 heteroatoms. The Morgan fingerprint density at radius 1 is 1.47 bits per heavy atom. The lowest BCUT2D eigenvalue weighted by Crippen LogP contribution is -2.44. The second-order valence-electron chi connectivity index (χ2n) is 5.11. The van der Waals surface area contributed by atoms with Crippen molar-refractivity contribution in [2.45, 2.75) is 25.3 Å². The SMILES string of the molecule is CCOc1cccc(CC2(N)CCN(C)C2)c1. The van der Waals surface area contributed by atoms with Gasteiger partial charge in [-0.15, -0.1) is 0 Å². The van der Waals surface area contributed by atoms with Crippen LogP contribution in [0.25, 0.3) is 0 Å². The molecule has 1 fully saturated rings. The zero-order valence-electron chi connectivity index (χ0n) is 10.8. The van der Waals surface area contributed by atoms with Gasteiger partial charge in [0.1, 0.15) is 5.75 Å². The smallest absolute Gasteiger partial charge is 0.119 e. The summed E-state index contributed by atoms with van der Waals surface area (Å²) in [7, 11) is 2.13. The van der Waals surface area contributed by atoms with Gasteiger partial charge >= 0.3 is 0 Å². The molecular weight excluding hydrogens is 212 g/mol. The molecule has 1 atom stereocenters. The first-order valence-electron chi connectivity index (χ1n) is 6.30. The Morgan fingerprint density at radius 3 is 2.94 bits per heavy atom. The van der Waals surface area contributed by atoms with E-state index in [1.807, 2.05) is 19.1 Å². The van der Waals surface area contributed by atoms with Crippen LogP contribution in [-0.4, -0.2) is 37.2 Å². The van der Waals surface area contributed by atoms with Crippen LogP contribution in [0.4, 0.5) is 0 Å². The number of hydrogen-bond acceptors (Lipinski definition) is 3. The van der Waals surface area contributed by atoms with Crippen molar-refractivity contribution in [3.05, 3.63) is 29.8 Å². The first kappa shape index (κ1) is 12.4. The molecule has 0 aliphatic carbocycles. The van der Waals surface area contributed by atoms with Gasteiger partial charge in [-0.2, -0.15) is 0 Å². The number of ether oxygens (including phenoxy) is 1. The highest BCUT2D eigenvalue weighted by Gasteiger charge is 2.32. The van der Waals surface area contributed by atoms with E-state index in [9.17, 15) is 0 Å². The molecule has 1 unspecified atom stereocenters. The van der Waals surface area contributed by atoms with E-state index in [0.717, 1.165) is 31.7 Å². The third kappa shape index (κ3) is 3.20. The van der Waals surface area contributed by atoms with E-state index in [-0.39, 0.29) is 5.54 Å². The molecular formula is C14H22N2O. The monoisotopic (exact) mass is 234 g/mol. The Labute approximate surface area is 104 Å². The average Bonchev–Trinajstić information content (AvgIpc) is 2.59. The van der Waals surface area contributed by atoms with E-state index in [1.165, 1.54) is 5.56 Å². The highest BCUT2D eigenvalue weighted by atomic mass is 16.5. The summed E-state index contributed by atoms with van der Waals surface area (Å²) in [5.74, 6) is 0.944. The molecule has 0 spiro atoms. The van der Waals surface area contributed by atoms with Gasteiger partial charge in [0, 0.05) is 12.1 Å². The van der Waals surface area contributed by atoms with Crippen molar-refractivity contribution in [3.63, 3.8) is 0 Å². The molecule has 1 heterocycles. The van der Waals surface area contributed by atoms with Gasteiger partial charge in [-0.05, 0) is 51.1 Å². The first-order chi connectivity index (χ1) is 8.11. The lowest BCUT2D eigenvalue weighted by molar-refractivity contribution is 0.338. The molecule has 1 aliphatic rings. The van der Waals surface area contributed by atoms with Crippen LogP contribution in [0.5, 0.6) is 5.75 Å². The molecule has 0 saturated carbocycles. The maximum atomic E-state index is 6.42. The summed E-state index contributed by atoms with van der Waals surface area (Å²) in [5, 5.41) is 0. The normalized spacial score (nSPS) is 25.1. The van der Waals surface area contributed by atoms with Crippen LogP contribution in [0.1, 0.15) is 18.9 Å². The molecule has 1 saturated heterocycles. The summed E-state index contributed by atoms with van der Waals surface area (Å²) in [4.78, 5) is 2.30. The minimum Gasteiger partial charge on any atom is -0.494 e. The van der Waals surface area contributed by atoms with Crippen LogP contribution in [0.15, 0.2) is 24.3 Å². The third-order valence-corrected chi connectivity index (χ3v) is 3.34. The van der Waals surface area contributed by atoms with Gasteiger partial charge in [0.2, 0.25) is 0 Å². The fraction of sp³-hybridized carbons (Fsp3) is 0.571. The number of nitrogens with zero attached hydrogens (tertiary/aromatic N) is 1. The summed E-state index contributed by atoms with van der Waals surface area (Å²) in [6, 6.07) is 8.28. The lowest BCUT2D eigenvalue weighted by atomic mass is 9.91. The minimum atomic E-state index is -0.0699. The summed E-state index contributed by atoms with van der Waals surface area (Å²) >= 11 is 0. The van der Waals surface area contributed by atoms with Crippen molar-refractivity contribution in [2.24, 2.45) is 5.73 Å². The van der Waals surface area contributed by atoms with Crippen molar-refractivity contribution >= 4 is 0 Å². The van der Waals surface area contributed by atoms with Crippen molar-refractivity contribution in [1.29, 1.82) is 0 Å². The van der Waals surface area contributed by atoms with Crippen LogP contribution >= 0.6 is 0 Å². The van der Waals surface area contributed by atoms with E-state index in [4.69, 9.17) is 10.5 Å². The molecule has 1 aromatic carbocycles. The predicted octanol–water partition coefficient (Wildman–Crippen LogP) is 1.66. The number of nitrogens with two attached hydrogens (primary N) is 1. The molecule has 2 rings (SSSR count). The Bertz CT molecular complexity index is 380. The first-order valence-corrected chi connectivity index (χ1v) is 6.30. The van der Waals surface area contributed by atoms with Crippen molar-refractivity contribution in [3.8, 4) is 5.75 Å². The lowest BCUT2D eigenvalue weighted by Gasteiger charge is -2.24. The fourth-order valence-corrected chi connectivity index (χ4v) is 2.57. The van der Waals surface area contributed by atoms with Gasteiger partial charge < -0.3 is 15.4 Å². The second-order valence-corrected chi connectivity index (χ2v) is 5.11. The van der Waals surface area contributed by atoms with E-state index in [0.29, 0.717) is 6.61 Å². The predicted molar refractivity (Wildman–Crippen MR) is 70.3 cm³/mol. The fourth-order valence-electron chi connectivity index (χ4n) is 2.57. The molecule has 1 aliphatic heterocycles. The van der Waals surface area contributed by atoms with Gasteiger partial charge in [-0.3, -0.25) is 0 Å². The highest BCUT2D eigenvalue weighted by Crippen LogP contribution is 2.24. The van der Waals surface area contributed by atoms with Crippen LogP contribution in [0.2, 0.25) is 0 Å². The van der Waals surface area contributed by atoms with Crippen LogP contribution in [0, 0.1) is 0 Å².